The summed E-state index contributed by atoms with van der Waals surface area (Å²) in [5, 5.41) is 20.5. The second-order valence-corrected chi connectivity index (χ2v) is 9.13. The molecule has 0 radical (unpaired) electrons. The zero-order valence-corrected chi connectivity index (χ0v) is 19.9. The zero-order chi connectivity index (χ0) is 24.9. The molecule has 0 saturated carbocycles. The number of benzene rings is 2. The smallest absolute Gasteiger partial charge is 0.335 e. The Balaban J connectivity index is 1.54. The highest BCUT2D eigenvalue weighted by Crippen LogP contribution is 2.29. The number of aryl methyl sites for hydroxylation is 1. The predicted molar refractivity (Wildman–Crippen MR) is 129 cm³/mol. The summed E-state index contributed by atoms with van der Waals surface area (Å²) in [4.78, 5) is 26.4. The van der Waals surface area contributed by atoms with Crippen LogP contribution >= 0.6 is 11.3 Å². The number of hydrogen-bond donors (Lipinski definition) is 2. The summed E-state index contributed by atoms with van der Waals surface area (Å²) in [6, 6.07) is 15.5. The Kier molecular flexibility index (Phi) is 7.21. The molecule has 0 bridgehead atoms. The number of ether oxygens (including phenoxy) is 1. The van der Waals surface area contributed by atoms with Gasteiger partial charge in [-0.3, -0.25) is 4.79 Å². The summed E-state index contributed by atoms with van der Waals surface area (Å²) < 4.78 is 20.3. The lowest BCUT2D eigenvalue weighted by Crippen LogP contribution is -2.30. The van der Waals surface area contributed by atoms with Crippen molar-refractivity contribution in [3.8, 4) is 16.3 Å². The molecule has 0 aliphatic carbocycles. The molecule has 8 nitrogen and oxygen atoms in total. The predicted octanol–water partition coefficient (Wildman–Crippen LogP) is 4.72. The largest absolute Gasteiger partial charge is 0.492 e. The second kappa shape index (κ2) is 10.5. The number of carbonyl (C=O) groups excluding carboxylic acids is 1. The van der Waals surface area contributed by atoms with Gasteiger partial charge in [0.25, 0.3) is 5.91 Å². The summed E-state index contributed by atoms with van der Waals surface area (Å²) in [5.74, 6) is -1.23. The van der Waals surface area contributed by atoms with E-state index in [1.165, 1.54) is 52.4 Å². The van der Waals surface area contributed by atoms with E-state index in [-0.39, 0.29) is 36.5 Å². The number of thiophene rings is 1. The van der Waals surface area contributed by atoms with Gasteiger partial charge in [-0.2, -0.15) is 0 Å². The number of aromatic carboxylic acids is 1. The number of hydrogen-bond acceptors (Lipinski definition) is 6. The molecule has 0 fully saturated rings. The average Bonchev–Trinajstić information content (AvgIpc) is 3.46. The SMILES string of the molecule is Cc1ccc(-c2nnn(CCOc3ccc(F)cc3)c2C(=O)N[C@@H](C)c2ccc(C(=O)O)cc2)s1. The van der Waals surface area contributed by atoms with Crippen LogP contribution in [-0.4, -0.2) is 38.6 Å². The number of carbonyl (C=O) groups is 2. The Labute approximate surface area is 205 Å². The van der Waals surface area contributed by atoms with E-state index in [4.69, 9.17) is 9.84 Å². The molecule has 0 saturated heterocycles. The zero-order valence-electron chi connectivity index (χ0n) is 19.1. The van der Waals surface area contributed by atoms with Crippen LogP contribution in [0.1, 0.15) is 44.3 Å². The first-order valence-electron chi connectivity index (χ1n) is 10.8. The number of carboxylic acids is 1. The molecule has 10 heteroatoms. The van der Waals surface area contributed by atoms with E-state index in [2.05, 4.69) is 15.6 Å². The molecule has 0 aliphatic heterocycles. The van der Waals surface area contributed by atoms with E-state index in [1.54, 1.807) is 12.1 Å². The van der Waals surface area contributed by atoms with Crippen molar-refractivity contribution in [1.29, 1.82) is 0 Å². The number of halogens is 1. The van der Waals surface area contributed by atoms with Gasteiger partial charge in [0, 0.05) is 4.88 Å². The summed E-state index contributed by atoms with van der Waals surface area (Å²) in [5.41, 5.74) is 1.70. The molecular weight excluding hydrogens is 471 g/mol. The second-order valence-electron chi connectivity index (χ2n) is 7.84. The molecule has 180 valence electrons. The van der Waals surface area contributed by atoms with E-state index in [9.17, 15) is 14.0 Å². The van der Waals surface area contributed by atoms with Crippen LogP contribution in [0, 0.1) is 12.7 Å². The lowest BCUT2D eigenvalue weighted by molar-refractivity contribution is 0.0696. The normalized spacial score (nSPS) is 11.7. The first-order chi connectivity index (χ1) is 16.8. The van der Waals surface area contributed by atoms with Gasteiger partial charge < -0.3 is 15.2 Å². The summed E-state index contributed by atoms with van der Waals surface area (Å²) in [6.45, 7) is 4.23. The molecule has 35 heavy (non-hydrogen) atoms. The topological polar surface area (TPSA) is 106 Å². The molecule has 2 aromatic heterocycles. The molecular formula is C25H23FN4O4S. The molecule has 2 aromatic carbocycles. The molecule has 2 heterocycles. The van der Waals surface area contributed by atoms with Crippen molar-refractivity contribution in [2.75, 3.05) is 6.61 Å². The van der Waals surface area contributed by atoms with Crippen molar-refractivity contribution in [1.82, 2.24) is 20.3 Å². The Bertz CT molecular complexity index is 1330. The van der Waals surface area contributed by atoms with Crippen LogP contribution in [0.5, 0.6) is 5.75 Å². The molecule has 4 aromatic rings. The average molecular weight is 495 g/mol. The van der Waals surface area contributed by atoms with Crippen molar-refractivity contribution in [2.45, 2.75) is 26.4 Å². The van der Waals surface area contributed by atoms with Gasteiger partial charge in [-0.1, -0.05) is 17.3 Å². The van der Waals surface area contributed by atoms with Gasteiger partial charge in [0.05, 0.1) is 23.0 Å². The number of amides is 1. The molecule has 0 aliphatic rings. The molecule has 1 atom stereocenters. The van der Waals surface area contributed by atoms with E-state index in [1.807, 2.05) is 26.0 Å². The maximum absolute atomic E-state index is 13.4. The van der Waals surface area contributed by atoms with Crippen molar-refractivity contribution in [3.63, 3.8) is 0 Å². The Morgan fingerprint density at radius 3 is 2.46 bits per heavy atom. The molecule has 1 amide bonds. The summed E-state index contributed by atoms with van der Waals surface area (Å²) in [6.07, 6.45) is 0. The van der Waals surface area contributed by atoms with E-state index in [0.717, 1.165) is 15.3 Å². The lowest BCUT2D eigenvalue weighted by atomic mass is 10.1. The summed E-state index contributed by atoms with van der Waals surface area (Å²) >= 11 is 1.51. The van der Waals surface area contributed by atoms with Gasteiger partial charge in [-0.15, -0.1) is 16.4 Å². The van der Waals surface area contributed by atoms with Crippen molar-refractivity contribution in [3.05, 3.63) is 88.2 Å². The fourth-order valence-corrected chi connectivity index (χ4v) is 4.32. The highest BCUT2D eigenvalue weighted by atomic mass is 32.1. The monoisotopic (exact) mass is 494 g/mol. The van der Waals surface area contributed by atoms with Crippen LogP contribution in [0.15, 0.2) is 60.7 Å². The van der Waals surface area contributed by atoms with Crippen LogP contribution in [0.4, 0.5) is 4.39 Å². The molecule has 0 spiro atoms. The standard InChI is InChI=1S/C25H23FN4O4S/c1-15-3-12-21(35-15)22-23(24(31)27-16(2)17-4-6-18(7-5-17)25(32)33)30(29-28-22)13-14-34-20-10-8-19(26)9-11-20/h3-12,16H,13-14H2,1-2H3,(H,27,31)(H,32,33)/t16-/m0/s1. The molecule has 2 N–H and O–H groups in total. The maximum atomic E-state index is 13.4. The Morgan fingerprint density at radius 2 is 1.83 bits per heavy atom. The fourth-order valence-electron chi connectivity index (χ4n) is 3.47. The van der Waals surface area contributed by atoms with Gasteiger partial charge in [0.15, 0.2) is 5.69 Å². The highest BCUT2D eigenvalue weighted by molar-refractivity contribution is 7.15. The lowest BCUT2D eigenvalue weighted by Gasteiger charge is -2.16. The Hall–Kier alpha value is -4.05. The molecule has 4 rings (SSSR count). The molecule has 0 unspecified atom stereocenters. The van der Waals surface area contributed by atoms with Crippen LogP contribution in [-0.2, 0) is 6.54 Å². The number of aromatic nitrogens is 3. The minimum Gasteiger partial charge on any atom is -0.492 e. The summed E-state index contributed by atoms with van der Waals surface area (Å²) in [7, 11) is 0. The minimum atomic E-state index is -1.01. The third-order valence-electron chi connectivity index (χ3n) is 5.31. The van der Waals surface area contributed by atoms with Crippen LogP contribution in [0.25, 0.3) is 10.6 Å². The van der Waals surface area contributed by atoms with Gasteiger partial charge in [0.1, 0.15) is 23.9 Å². The van der Waals surface area contributed by atoms with Crippen LogP contribution in [0.3, 0.4) is 0 Å². The number of nitrogens with zero attached hydrogens (tertiary/aromatic N) is 3. The van der Waals surface area contributed by atoms with Crippen molar-refractivity contribution >= 4 is 23.2 Å². The van der Waals surface area contributed by atoms with Gasteiger partial charge >= 0.3 is 5.97 Å². The fraction of sp³-hybridized carbons (Fsp3) is 0.200. The van der Waals surface area contributed by atoms with E-state index in [0.29, 0.717) is 17.1 Å². The van der Waals surface area contributed by atoms with Crippen molar-refractivity contribution in [2.24, 2.45) is 0 Å². The Morgan fingerprint density at radius 1 is 1.11 bits per heavy atom. The quantitative estimate of drug-likeness (QED) is 0.349. The third-order valence-corrected chi connectivity index (χ3v) is 6.32. The van der Waals surface area contributed by atoms with Gasteiger partial charge in [-0.25, -0.2) is 13.9 Å². The number of nitrogens with one attached hydrogen (secondary N) is 1. The third kappa shape index (κ3) is 5.72. The van der Waals surface area contributed by atoms with E-state index >= 15 is 0 Å². The van der Waals surface area contributed by atoms with Gasteiger partial charge in [-0.05, 0) is 67.9 Å². The van der Waals surface area contributed by atoms with Gasteiger partial charge in [0.2, 0.25) is 0 Å². The highest BCUT2D eigenvalue weighted by Gasteiger charge is 2.24. The van der Waals surface area contributed by atoms with Crippen LogP contribution in [0.2, 0.25) is 0 Å². The first kappa shape index (κ1) is 24.1. The maximum Gasteiger partial charge on any atom is 0.335 e. The first-order valence-corrected chi connectivity index (χ1v) is 11.7. The minimum absolute atomic E-state index is 0.172. The number of carboxylic acid groups (broad SMARTS) is 1. The van der Waals surface area contributed by atoms with Crippen molar-refractivity contribution < 1.29 is 23.8 Å². The van der Waals surface area contributed by atoms with E-state index < -0.39 is 5.97 Å². The van der Waals surface area contributed by atoms with Crippen LogP contribution < -0.4 is 10.1 Å². The number of rotatable bonds is 9.